The van der Waals surface area contributed by atoms with Crippen LogP contribution in [-0.4, -0.2) is 12.6 Å². The molecule has 0 radical (unpaired) electrons. The van der Waals surface area contributed by atoms with Gasteiger partial charge in [0.1, 0.15) is 0 Å². The maximum atomic E-state index is 11.3. The van der Waals surface area contributed by atoms with Crippen molar-refractivity contribution in [3.63, 3.8) is 0 Å². The maximum Gasteiger partial charge on any atom is 0.309 e. The van der Waals surface area contributed by atoms with Gasteiger partial charge in [-0.1, -0.05) is 67.0 Å². The predicted molar refractivity (Wildman–Crippen MR) is 107 cm³/mol. The van der Waals surface area contributed by atoms with E-state index in [2.05, 4.69) is 45.9 Å². The van der Waals surface area contributed by atoms with Gasteiger partial charge in [-0.2, -0.15) is 0 Å². The fourth-order valence-electron chi connectivity index (χ4n) is 3.16. The summed E-state index contributed by atoms with van der Waals surface area (Å²) in [5, 5.41) is 0. The van der Waals surface area contributed by atoms with E-state index < -0.39 is 0 Å². The molecule has 1 aliphatic carbocycles. The summed E-state index contributed by atoms with van der Waals surface area (Å²) in [7, 11) is 0. The molecule has 0 saturated carbocycles. The van der Waals surface area contributed by atoms with Crippen LogP contribution in [0.25, 0.3) is 0 Å². The molecule has 25 heavy (non-hydrogen) atoms. The lowest BCUT2D eigenvalue weighted by atomic mass is 9.72. The predicted octanol–water partition coefficient (Wildman–Crippen LogP) is 6.47. The first-order valence-corrected chi connectivity index (χ1v) is 9.32. The molecule has 0 bridgehead atoms. The molecule has 0 atom stereocenters. The minimum atomic E-state index is -0.177. The minimum absolute atomic E-state index is 0.177. The molecular weight excluding hydrogens is 308 g/mol. The monoisotopic (exact) mass is 342 g/mol. The molecule has 0 N–H and O–H groups in total. The molecule has 0 aromatic rings. The van der Waals surface area contributed by atoms with E-state index in [9.17, 15) is 4.79 Å². The standard InChI is InChI=1S/C23H34O2/c1-7-25-22(24)16-14-19(3)11-8-10-18(2)13-15-21-20(4)12-9-17-23(21,5)6/h8,10-11,13-15H,7,9,12,16-17H2,1-6H3. The highest BCUT2D eigenvalue weighted by Crippen LogP contribution is 2.40. The summed E-state index contributed by atoms with van der Waals surface area (Å²) in [6, 6.07) is 0. The summed E-state index contributed by atoms with van der Waals surface area (Å²) in [6.45, 7) is 13.3. The van der Waals surface area contributed by atoms with Crippen LogP contribution in [0.15, 0.2) is 58.7 Å². The number of hydrogen-bond donors (Lipinski definition) is 0. The first kappa shape index (κ1) is 21.2. The lowest BCUT2D eigenvalue weighted by Crippen LogP contribution is -2.19. The summed E-state index contributed by atoms with van der Waals surface area (Å²) >= 11 is 0. The average Bonchev–Trinajstić information content (AvgIpc) is 2.52. The zero-order valence-corrected chi connectivity index (χ0v) is 16.8. The smallest absolute Gasteiger partial charge is 0.309 e. The summed E-state index contributed by atoms with van der Waals surface area (Å²) in [5.74, 6) is -0.177. The van der Waals surface area contributed by atoms with Gasteiger partial charge in [-0.15, -0.1) is 0 Å². The van der Waals surface area contributed by atoms with Crippen molar-refractivity contribution in [1.82, 2.24) is 0 Å². The van der Waals surface area contributed by atoms with E-state index in [4.69, 9.17) is 4.74 Å². The van der Waals surface area contributed by atoms with Crippen molar-refractivity contribution in [2.45, 2.75) is 67.2 Å². The van der Waals surface area contributed by atoms with Gasteiger partial charge in [-0.25, -0.2) is 0 Å². The molecule has 0 aromatic carbocycles. The Kier molecular flexibility index (Phi) is 8.68. The van der Waals surface area contributed by atoms with Gasteiger partial charge in [0.25, 0.3) is 0 Å². The normalized spacial score (nSPS) is 19.1. The Bertz CT molecular complexity index is 610. The third-order valence-corrected chi connectivity index (χ3v) is 4.67. The van der Waals surface area contributed by atoms with E-state index in [1.807, 2.05) is 32.1 Å². The Hall–Kier alpha value is -1.83. The van der Waals surface area contributed by atoms with Crippen LogP contribution in [-0.2, 0) is 9.53 Å². The highest BCUT2D eigenvalue weighted by atomic mass is 16.5. The first-order valence-electron chi connectivity index (χ1n) is 9.32. The molecule has 0 aliphatic heterocycles. The quantitative estimate of drug-likeness (QED) is 0.391. The van der Waals surface area contributed by atoms with Crippen LogP contribution < -0.4 is 0 Å². The molecule has 0 fully saturated rings. The fraction of sp³-hybridized carbons (Fsp3) is 0.522. The third-order valence-electron chi connectivity index (χ3n) is 4.67. The number of ether oxygens (including phenoxy) is 1. The van der Waals surface area contributed by atoms with E-state index in [-0.39, 0.29) is 11.4 Å². The van der Waals surface area contributed by atoms with Crippen LogP contribution in [0.2, 0.25) is 0 Å². The SMILES string of the molecule is CCOC(=O)CC=C(C)C=CC=C(C)C=CC1=C(C)CCCC1(C)C. The number of carbonyl (C=O) groups is 1. The molecule has 0 heterocycles. The Morgan fingerprint density at radius 3 is 2.56 bits per heavy atom. The molecule has 0 aromatic heterocycles. The molecule has 1 aliphatic rings. The Morgan fingerprint density at radius 2 is 1.92 bits per heavy atom. The third kappa shape index (κ3) is 7.72. The molecule has 0 amide bonds. The van der Waals surface area contributed by atoms with Crippen LogP contribution >= 0.6 is 0 Å². The highest BCUT2D eigenvalue weighted by molar-refractivity contribution is 5.71. The van der Waals surface area contributed by atoms with Gasteiger partial charge < -0.3 is 4.74 Å². The second-order valence-corrected chi connectivity index (χ2v) is 7.49. The van der Waals surface area contributed by atoms with E-state index in [0.29, 0.717) is 13.0 Å². The van der Waals surface area contributed by atoms with Crippen LogP contribution in [0.3, 0.4) is 0 Å². The molecule has 0 saturated heterocycles. The Labute approximate surface area is 154 Å². The van der Waals surface area contributed by atoms with Gasteiger partial charge in [-0.05, 0) is 57.9 Å². The van der Waals surface area contributed by atoms with Crippen LogP contribution in [0, 0.1) is 5.41 Å². The lowest BCUT2D eigenvalue weighted by molar-refractivity contribution is -0.142. The van der Waals surface area contributed by atoms with Crippen molar-refractivity contribution in [1.29, 1.82) is 0 Å². The lowest BCUT2D eigenvalue weighted by Gasteiger charge is -2.32. The molecule has 1 rings (SSSR count). The number of allylic oxidation sites excluding steroid dienone is 9. The highest BCUT2D eigenvalue weighted by Gasteiger charge is 2.26. The minimum Gasteiger partial charge on any atom is -0.466 e. The molecular formula is C23H34O2. The Balaban J connectivity index is 2.66. The number of esters is 1. The van der Waals surface area contributed by atoms with Crippen LogP contribution in [0.1, 0.15) is 67.2 Å². The van der Waals surface area contributed by atoms with Crippen molar-refractivity contribution >= 4 is 5.97 Å². The van der Waals surface area contributed by atoms with Gasteiger partial charge in [0.05, 0.1) is 13.0 Å². The second-order valence-electron chi connectivity index (χ2n) is 7.49. The molecule has 2 heteroatoms. The van der Waals surface area contributed by atoms with E-state index in [1.54, 1.807) is 0 Å². The fourth-order valence-corrected chi connectivity index (χ4v) is 3.16. The molecule has 2 nitrogen and oxygen atoms in total. The summed E-state index contributed by atoms with van der Waals surface area (Å²) in [4.78, 5) is 11.3. The summed E-state index contributed by atoms with van der Waals surface area (Å²) in [6.07, 6.45) is 16.6. The van der Waals surface area contributed by atoms with Crippen molar-refractivity contribution in [3.05, 3.63) is 58.7 Å². The molecule has 0 spiro atoms. The molecule has 0 unspecified atom stereocenters. The van der Waals surface area contributed by atoms with Gasteiger partial charge in [0.15, 0.2) is 0 Å². The second kappa shape index (κ2) is 10.2. The van der Waals surface area contributed by atoms with Crippen LogP contribution in [0.4, 0.5) is 0 Å². The maximum absolute atomic E-state index is 11.3. The zero-order chi connectivity index (χ0) is 18.9. The van der Waals surface area contributed by atoms with E-state index in [0.717, 1.165) is 5.57 Å². The van der Waals surface area contributed by atoms with Crippen molar-refractivity contribution in [3.8, 4) is 0 Å². The topological polar surface area (TPSA) is 26.3 Å². The summed E-state index contributed by atoms with van der Waals surface area (Å²) in [5.41, 5.74) is 5.57. The average molecular weight is 343 g/mol. The Morgan fingerprint density at radius 1 is 1.20 bits per heavy atom. The largest absolute Gasteiger partial charge is 0.466 e. The van der Waals surface area contributed by atoms with E-state index in [1.165, 1.54) is 36.0 Å². The van der Waals surface area contributed by atoms with Crippen LogP contribution in [0.5, 0.6) is 0 Å². The van der Waals surface area contributed by atoms with Gasteiger partial charge in [-0.3, -0.25) is 4.79 Å². The zero-order valence-electron chi connectivity index (χ0n) is 16.8. The van der Waals surface area contributed by atoms with Crippen molar-refractivity contribution in [2.24, 2.45) is 5.41 Å². The van der Waals surface area contributed by atoms with E-state index >= 15 is 0 Å². The first-order chi connectivity index (χ1) is 11.8. The molecule has 138 valence electrons. The van der Waals surface area contributed by atoms with Gasteiger partial charge >= 0.3 is 5.97 Å². The van der Waals surface area contributed by atoms with Crippen molar-refractivity contribution in [2.75, 3.05) is 6.61 Å². The number of carbonyl (C=O) groups excluding carboxylic acids is 1. The summed E-state index contributed by atoms with van der Waals surface area (Å²) < 4.78 is 4.92. The number of rotatable bonds is 7. The van der Waals surface area contributed by atoms with Crippen molar-refractivity contribution < 1.29 is 9.53 Å². The van der Waals surface area contributed by atoms with Gasteiger partial charge in [0, 0.05) is 0 Å². The van der Waals surface area contributed by atoms with Gasteiger partial charge in [0.2, 0.25) is 0 Å². The number of hydrogen-bond acceptors (Lipinski definition) is 2.